The van der Waals surface area contributed by atoms with E-state index in [2.05, 4.69) is 36.2 Å². The van der Waals surface area contributed by atoms with Gasteiger partial charge in [-0.2, -0.15) is 0 Å². The van der Waals surface area contributed by atoms with E-state index >= 15 is 0 Å². The van der Waals surface area contributed by atoms with Crippen LogP contribution in [0.25, 0.3) is 0 Å². The van der Waals surface area contributed by atoms with E-state index < -0.39 is 0 Å². The Bertz CT molecular complexity index is 460. The average molecular weight is 288 g/mol. The van der Waals surface area contributed by atoms with Gasteiger partial charge < -0.3 is 15.3 Å². The summed E-state index contributed by atoms with van der Waals surface area (Å²) in [5.41, 5.74) is 2.14. The van der Waals surface area contributed by atoms with Gasteiger partial charge >= 0.3 is 0 Å². The molecule has 0 amide bonds. The van der Waals surface area contributed by atoms with Crippen LogP contribution in [-0.2, 0) is 6.61 Å². The Labute approximate surface area is 128 Å². The molecule has 0 aromatic heterocycles. The molecule has 2 bridgehead atoms. The number of aliphatic hydroxyl groups excluding tert-OH is 1. The summed E-state index contributed by atoms with van der Waals surface area (Å²) in [5, 5.41) is 13.3. The van der Waals surface area contributed by atoms with Crippen molar-refractivity contribution in [1.29, 1.82) is 0 Å². The first-order valence-electron chi connectivity index (χ1n) is 8.38. The molecule has 2 fully saturated rings. The standard InChI is InChI=1S/C18H28N2O/c1-13(2)20-10-14-7-5-8-15(11-20)18(14)19-17-9-4-3-6-16(17)12-21/h3-4,6,9,13-15,18-19,21H,5,7-8,10-12H2,1-2H3. The summed E-state index contributed by atoms with van der Waals surface area (Å²) in [6.07, 6.45) is 4.04. The summed E-state index contributed by atoms with van der Waals surface area (Å²) in [5.74, 6) is 1.48. The van der Waals surface area contributed by atoms with E-state index in [0.29, 0.717) is 12.1 Å². The Morgan fingerprint density at radius 2 is 1.86 bits per heavy atom. The minimum Gasteiger partial charge on any atom is -0.392 e. The van der Waals surface area contributed by atoms with Gasteiger partial charge in [0.15, 0.2) is 0 Å². The molecule has 1 aliphatic carbocycles. The van der Waals surface area contributed by atoms with Crippen molar-refractivity contribution in [3.05, 3.63) is 29.8 Å². The number of benzene rings is 1. The zero-order valence-corrected chi connectivity index (χ0v) is 13.3. The molecular weight excluding hydrogens is 260 g/mol. The summed E-state index contributed by atoms with van der Waals surface area (Å²) in [6, 6.07) is 9.40. The van der Waals surface area contributed by atoms with E-state index in [4.69, 9.17) is 0 Å². The van der Waals surface area contributed by atoms with Crippen LogP contribution < -0.4 is 5.32 Å². The molecule has 0 radical (unpaired) electrons. The number of hydrogen-bond donors (Lipinski definition) is 2. The molecule has 1 aromatic carbocycles. The van der Waals surface area contributed by atoms with E-state index in [1.165, 1.54) is 32.4 Å². The van der Waals surface area contributed by atoms with Crippen LogP contribution in [0.15, 0.2) is 24.3 Å². The minimum atomic E-state index is 0.114. The van der Waals surface area contributed by atoms with Gasteiger partial charge in [-0.1, -0.05) is 24.6 Å². The van der Waals surface area contributed by atoms with Crippen LogP contribution in [0.3, 0.4) is 0 Å². The second kappa shape index (κ2) is 6.37. The lowest BCUT2D eigenvalue weighted by molar-refractivity contribution is 0.0517. The first-order valence-corrected chi connectivity index (χ1v) is 8.38. The first kappa shape index (κ1) is 14.9. The normalized spacial score (nSPS) is 29.6. The van der Waals surface area contributed by atoms with Crippen LogP contribution >= 0.6 is 0 Å². The fourth-order valence-electron chi connectivity index (χ4n) is 4.11. The number of aliphatic hydroxyl groups is 1. The van der Waals surface area contributed by atoms with Crippen molar-refractivity contribution < 1.29 is 5.11 Å². The number of anilines is 1. The van der Waals surface area contributed by atoms with Crippen molar-refractivity contribution in [1.82, 2.24) is 4.90 Å². The van der Waals surface area contributed by atoms with Crippen LogP contribution in [0.5, 0.6) is 0 Å². The van der Waals surface area contributed by atoms with Crippen molar-refractivity contribution >= 4 is 5.69 Å². The molecule has 2 unspecified atom stereocenters. The van der Waals surface area contributed by atoms with Gasteiger partial charge in [0.2, 0.25) is 0 Å². The highest BCUT2D eigenvalue weighted by Crippen LogP contribution is 2.37. The monoisotopic (exact) mass is 288 g/mol. The number of nitrogens with zero attached hydrogens (tertiary/aromatic N) is 1. The number of likely N-dealkylation sites (tertiary alicyclic amines) is 1. The van der Waals surface area contributed by atoms with Crippen molar-refractivity contribution in [3.63, 3.8) is 0 Å². The second-order valence-corrected chi connectivity index (χ2v) is 6.98. The molecule has 21 heavy (non-hydrogen) atoms. The van der Waals surface area contributed by atoms with Gasteiger partial charge in [-0.25, -0.2) is 0 Å². The molecule has 1 aliphatic heterocycles. The summed E-state index contributed by atoms with van der Waals surface area (Å²) in [7, 11) is 0. The van der Waals surface area contributed by atoms with Crippen LogP contribution in [-0.4, -0.2) is 35.2 Å². The van der Waals surface area contributed by atoms with Gasteiger partial charge in [-0.3, -0.25) is 0 Å². The predicted molar refractivity (Wildman–Crippen MR) is 87.3 cm³/mol. The SMILES string of the molecule is CC(C)N1CC2CCCC(C1)C2Nc1ccccc1CO. The Balaban J connectivity index is 1.76. The largest absolute Gasteiger partial charge is 0.392 e. The highest BCUT2D eigenvalue weighted by Gasteiger charge is 2.40. The third kappa shape index (κ3) is 3.09. The van der Waals surface area contributed by atoms with Crippen molar-refractivity contribution in [2.45, 2.75) is 51.8 Å². The average Bonchev–Trinajstić information content (AvgIpc) is 2.47. The molecule has 1 saturated heterocycles. The molecule has 2 atom stereocenters. The summed E-state index contributed by atoms with van der Waals surface area (Å²) < 4.78 is 0. The van der Waals surface area contributed by atoms with E-state index in [1.807, 2.05) is 12.1 Å². The first-order chi connectivity index (χ1) is 10.2. The molecule has 2 aliphatic rings. The fraction of sp³-hybridized carbons (Fsp3) is 0.667. The highest BCUT2D eigenvalue weighted by atomic mass is 16.3. The number of hydrogen-bond acceptors (Lipinski definition) is 3. The van der Waals surface area contributed by atoms with Crippen molar-refractivity contribution in [2.24, 2.45) is 11.8 Å². The molecule has 3 heteroatoms. The number of nitrogens with one attached hydrogen (secondary N) is 1. The molecule has 0 spiro atoms. The van der Waals surface area contributed by atoms with Crippen LogP contribution in [0.1, 0.15) is 38.7 Å². The Morgan fingerprint density at radius 3 is 2.48 bits per heavy atom. The number of piperidine rings is 1. The Morgan fingerprint density at radius 1 is 1.19 bits per heavy atom. The van der Waals surface area contributed by atoms with Crippen LogP contribution in [0, 0.1) is 11.8 Å². The summed E-state index contributed by atoms with van der Waals surface area (Å²) >= 11 is 0. The molecule has 3 nitrogen and oxygen atoms in total. The second-order valence-electron chi connectivity index (χ2n) is 6.98. The Kier molecular flexibility index (Phi) is 4.51. The van der Waals surface area contributed by atoms with Gasteiger partial charge in [-0.05, 0) is 44.6 Å². The maximum atomic E-state index is 9.52. The summed E-state index contributed by atoms with van der Waals surface area (Å²) in [4.78, 5) is 2.64. The fourth-order valence-corrected chi connectivity index (χ4v) is 4.11. The maximum Gasteiger partial charge on any atom is 0.0701 e. The van der Waals surface area contributed by atoms with Crippen LogP contribution in [0.2, 0.25) is 0 Å². The minimum absolute atomic E-state index is 0.114. The lowest BCUT2D eigenvalue weighted by Crippen LogP contribution is -2.56. The van der Waals surface area contributed by atoms with Crippen LogP contribution in [0.4, 0.5) is 5.69 Å². The number of rotatable bonds is 4. The van der Waals surface area contributed by atoms with Gasteiger partial charge in [-0.15, -0.1) is 0 Å². The number of fused-ring (bicyclic) bond motifs is 2. The molecule has 116 valence electrons. The number of para-hydroxylation sites is 1. The lowest BCUT2D eigenvalue weighted by atomic mass is 9.73. The molecule has 2 N–H and O–H groups in total. The lowest BCUT2D eigenvalue weighted by Gasteiger charge is -2.49. The molecule has 1 aromatic rings. The van der Waals surface area contributed by atoms with E-state index in [9.17, 15) is 5.11 Å². The zero-order chi connectivity index (χ0) is 14.8. The summed E-state index contributed by atoms with van der Waals surface area (Å²) in [6.45, 7) is 7.17. The van der Waals surface area contributed by atoms with E-state index in [-0.39, 0.29) is 6.61 Å². The maximum absolute atomic E-state index is 9.52. The topological polar surface area (TPSA) is 35.5 Å². The molecule has 1 heterocycles. The van der Waals surface area contributed by atoms with Gasteiger partial charge in [0, 0.05) is 36.4 Å². The van der Waals surface area contributed by atoms with E-state index in [1.54, 1.807) is 0 Å². The van der Waals surface area contributed by atoms with E-state index in [0.717, 1.165) is 23.1 Å². The third-order valence-electron chi connectivity index (χ3n) is 5.34. The molecular formula is C18H28N2O. The molecule has 1 saturated carbocycles. The highest BCUT2D eigenvalue weighted by molar-refractivity contribution is 5.51. The van der Waals surface area contributed by atoms with Gasteiger partial charge in [0.05, 0.1) is 6.61 Å². The predicted octanol–water partition coefficient (Wildman–Crippen LogP) is 3.10. The Hall–Kier alpha value is -1.06. The quantitative estimate of drug-likeness (QED) is 0.893. The zero-order valence-electron chi connectivity index (χ0n) is 13.3. The van der Waals surface area contributed by atoms with Crippen molar-refractivity contribution in [3.8, 4) is 0 Å². The van der Waals surface area contributed by atoms with Gasteiger partial charge in [0.1, 0.15) is 0 Å². The molecule has 3 rings (SSSR count). The van der Waals surface area contributed by atoms with Crippen molar-refractivity contribution in [2.75, 3.05) is 18.4 Å². The third-order valence-corrected chi connectivity index (χ3v) is 5.34. The smallest absolute Gasteiger partial charge is 0.0701 e. The van der Waals surface area contributed by atoms with Gasteiger partial charge in [0.25, 0.3) is 0 Å².